The Morgan fingerprint density at radius 1 is 1.29 bits per heavy atom. The summed E-state index contributed by atoms with van der Waals surface area (Å²) in [5.41, 5.74) is 0. The second kappa shape index (κ2) is 6.51. The molecule has 0 bridgehead atoms. The maximum Gasteiger partial charge on any atom is 0.246 e. The van der Waals surface area contributed by atoms with E-state index in [1.807, 2.05) is 0 Å². The standard InChI is InChI=1S/C12H15FN2O4S2/c1-3-7-15(8-6-14)21(18,19)12-9-10(20(2,16)17)4-5-11(12)13/h4-5,9H,3,7-8H2,1-2H3. The normalized spacial score (nSPS) is 12.3. The minimum atomic E-state index is -4.27. The monoisotopic (exact) mass is 334 g/mol. The van der Waals surface area contributed by atoms with E-state index in [4.69, 9.17) is 5.26 Å². The summed E-state index contributed by atoms with van der Waals surface area (Å²) in [4.78, 5) is -1.04. The molecule has 0 radical (unpaired) electrons. The van der Waals surface area contributed by atoms with Crippen LogP contribution in [0.2, 0.25) is 0 Å². The van der Waals surface area contributed by atoms with Crippen LogP contribution in [-0.2, 0) is 19.9 Å². The Kier molecular flexibility index (Phi) is 5.44. The first-order chi connectivity index (χ1) is 9.64. The average Bonchev–Trinajstić information content (AvgIpc) is 2.37. The molecule has 1 aromatic rings. The van der Waals surface area contributed by atoms with Gasteiger partial charge < -0.3 is 0 Å². The molecule has 0 spiro atoms. The fraction of sp³-hybridized carbons (Fsp3) is 0.417. The third kappa shape index (κ3) is 4.00. The zero-order valence-corrected chi connectivity index (χ0v) is 13.2. The van der Waals surface area contributed by atoms with Crippen molar-refractivity contribution in [1.82, 2.24) is 4.31 Å². The van der Waals surface area contributed by atoms with Crippen LogP contribution < -0.4 is 0 Å². The molecule has 0 aliphatic carbocycles. The molecule has 0 heterocycles. The van der Waals surface area contributed by atoms with Gasteiger partial charge in [-0.2, -0.15) is 9.57 Å². The van der Waals surface area contributed by atoms with E-state index in [2.05, 4.69) is 0 Å². The molecule has 0 aliphatic rings. The number of nitrogens with zero attached hydrogens (tertiary/aromatic N) is 2. The summed E-state index contributed by atoms with van der Waals surface area (Å²) in [5.74, 6) is -1.05. The molecule has 1 rings (SSSR count). The Morgan fingerprint density at radius 2 is 1.90 bits per heavy atom. The van der Waals surface area contributed by atoms with Gasteiger partial charge >= 0.3 is 0 Å². The Bertz CT molecular complexity index is 767. The lowest BCUT2D eigenvalue weighted by atomic mass is 10.3. The van der Waals surface area contributed by atoms with E-state index in [9.17, 15) is 21.2 Å². The summed E-state index contributed by atoms with van der Waals surface area (Å²) in [6.45, 7) is 1.32. The van der Waals surface area contributed by atoms with Crippen LogP contribution in [0.15, 0.2) is 28.0 Å². The second-order valence-electron chi connectivity index (χ2n) is 4.36. The van der Waals surface area contributed by atoms with Crippen LogP contribution in [-0.4, -0.2) is 40.5 Å². The molecular weight excluding hydrogens is 319 g/mol. The molecule has 0 saturated heterocycles. The summed E-state index contributed by atoms with van der Waals surface area (Å²) in [6.07, 6.45) is 1.34. The van der Waals surface area contributed by atoms with Gasteiger partial charge in [-0.05, 0) is 24.6 Å². The van der Waals surface area contributed by atoms with Crippen molar-refractivity contribution in [3.63, 3.8) is 0 Å². The average molecular weight is 334 g/mol. The van der Waals surface area contributed by atoms with Crippen molar-refractivity contribution in [2.75, 3.05) is 19.3 Å². The Labute approximate surface area is 123 Å². The van der Waals surface area contributed by atoms with Crippen LogP contribution in [0, 0.1) is 17.1 Å². The zero-order chi connectivity index (χ0) is 16.3. The molecule has 0 fully saturated rings. The molecule has 6 nitrogen and oxygen atoms in total. The fourth-order valence-corrected chi connectivity index (χ4v) is 3.90. The number of rotatable bonds is 6. The molecule has 0 aliphatic heterocycles. The minimum absolute atomic E-state index is 0.0401. The summed E-state index contributed by atoms with van der Waals surface area (Å²) < 4.78 is 62.3. The maximum absolute atomic E-state index is 13.8. The van der Waals surface area contributed by atoms with Crippen LogP contribution in [0.1, 0.15) is 13.3 Å². The van der Waals surface area contributed by atoms with Gasteiger partial charge in [-0.1, -0.05) is 6.92 Å². The maximum atomic E-state index is 13.8. The van der Waals surface area contributed by atoms with E-state index in [1.54, 1.807) is 13.0 Å². The van der Waals surface area contributed by atoms with Crippen LogP contribution in [0.3, 0.4) is 0 Å². The van der Waals surface area contributed by atoms with Gasteiger partial charge in [0.15, 0.2) is 9.84 Å². The molecule has 0 atom stereocenters. The predicted octanol–water partition coefficient (Wildman–Crippen LogP) is 1.15. The van der Waals surface area contributed by atoms with Crippen LogP contribution >= 0.6 is 0 Å². The van der Waals surface area contributed by atoms with Gasteiger partial charge in [0.1, 0.15) is 17.3 Å². The van der Waals surface area contributed by atoms with Gasteiger partial charge in [-0.15, -0.1) is 0 Å². The number of hydrogen-bond donors (Lipinski definition) is 0. The predicted molar refractivity (Wildman–Crippen MR) is 74.2 cm³/mol. The Balaban J connectivity index is 3.47. The first-order valence-corrected chi connectivity index (χ1v) is 9.34. The number of benzene rings is 1. The van der Waals surface area contributed by atoms with Crippen molar-refractivity contribution in [1.29, 1.82) is 5.26 Å². The lowest BCUT2D eigenvalue weighted by Gasteiger charge is -2.19. The SMILES string of the molecule is CCCN(CC#N)S(=O)(=O)c1cc(S(C)(=O)=O)ccc1F. The molecule has 0 N–H and O–H groups in total. The highest BCUT2D eigenvalue weighted by Crippen LogP contribution is 2.23. The van der Waals surface area contributed by atoms with Crippen molar-refractivity contribution in [3.05, 3.63) is 24.0 Å². The second-order valence-corrected chi connectivity index (χ2v) is 8.28. The lowest BCUT2D eigenvalue weighted by Crippen LogP contribution is -2.33. The van der Waals surface area contributed by atoms with E-state index >= 15 is 0 Å². The Morgan fingerprint density at radius 3 is 2.38 bits per heavy atom. The third-order valence-electron chi connectivity index (χ3n) is 2.67. The number of halogens is 1. The number of sulfone groups is 1. The summed E-state index contributed by atoms with van der Waals surface area (Å²) in [5, 5.41) is 8.68. The molecule has 21 heavy (non-hydrogen) atoms. The highest BCUT2D eigenvalue weighted by molar-refractivity contribution is 7.91. The van der Waals surface area contributed by atoms with Gasteiger partial charge in [0, 0.05) is 12.8 Å². The molecule has 0 saturated carbocycles. The van der Waals surface area contributed by atoms with E-state index in [-0.39, 0.29) is 11.4 Å². The van der Waals surface area contributed by atoms with Gasteiger partial charge in [-0.3, -0.25) is 0 Å². The third-order valence-corrected chi connectivity index (χ3v) is 5.64. The number of hydrogen-bond acceptors (Lipinski definition) is 5. The van der Waals surface area contributed by atoms with E-state index in [1.165, 1.54) is 0 Å². The van der Waals surface area contributed by atoms with Crippen molar-refractivity contribution < 1.29 is 21.2 Å². The molecule has 0 unspecified atom stereocenters. The van der Waals surface area contributed by atoms with Crippen LogP contribution in [0.4, 0.5) is 4.39 Å². The van der Waals surface area contributed by atoms with E-state index in [0.29, 0.717) is 6.42 Å². The topological polar surface area (TPSA) is 95.3 Å². The van der Waals surface area contributed by atoms with Crippen molar-refractivity contribution in [2.45, 2.75) is 23.1 Å². The molecule has 0 amide bonds. The summed E-state index contributed by atoms with van der Waals surface area (Å²) >= 11 is 0. The number of sulfonamides is 1. The van der Waals surface area contributed by atoms with Gasteiger partial charge in [0.2, 0.25) is 10.0 Å². The molecule has 1 aromatic carbocycles. The first-order valence-electron chi connectivity index (χ1n) is 6.01. The summed E-state index contributed by atoms with van der Waals surface area (Å²) in [7, 11) is -7.93. The fourth-order valence-electron chi connectivity index (χ4n) is 1.66. The molecule has 116 valence electrons. The smallest absolute Gasteiger partial charge is 0.224 e. The van der Waals surface area contributed by atoms with Crippen molar-refractivity contribution in [2.24, 2.45) is 0 Å². The Hall–Kier alpha value is -1.50. The summed E-state index contributed by atoms with van der Waals surface area (Å²) in [6, 6.07) is 4.27. The zero-order valence-electron chi connectivity index (χ0n) is 11.6. The highest BCUT2D eigenvalue weighted by Gasteiger charge is 2.28. The van der Waals surface area contributed by atoms with Crippen LogP contribution in [0.5, 0.6) is 0 Å². The molecular formula is C12H15FN2O4S2. The lowest BCUT2D eigenvalue weighted by molar-refractivity contribution is 0.439. The molecule has 0 aromatic heterocycles. The van der Waals surface area contributed by atoms with Gasteiger partial charge in [-0.25, -0.2) is 21.2 Å². The largest absolute Gasteiger partial charge is 0.246 e. The van der Waals surface area contributed by atoms with Gasteiger partial charge in [0.25, 0.3) is 0 Å². The number of nitriles is 1. The van der Waals surface area contributed by atoms with Gasteiger partial charge in [0.05, 0.1) is 11.0 Å². The highest BCUT2D eigenvalue weighted by atomic mass is 32.2. The van der Waals surface area contributed by atoms with E-state index < -0.39 is 37.1 Å². The van der Waals surface area contributed by atoms with Crippen molar-refractivity contribution in [3.8, 4) is 6.07 Å². The first kappa shape index (κ1) is 17.6. The van der Waals surface area contributed by atoms with Crippen molar-refractivity contribution >= 4 is 19.9 Å². The molecule has 9 heteroatoms. The van der Waals surface area contributed by atoms with E-state index in [0.717, 1.165) is 28.8 Å². The van der Waals surface area contributed by atoms with Crippen LogP contribution in [0.25, 0.3) is 0 Å². The quantitative estimate of drug-likeness (QED) is 0.574. The minimum Gasteiger partial charge on any atom is -0.224 e.